The van der Waals surface area contributed by atoms with Gasteiger partial charge >= 0.3 is 0 Å². The second-order valence-electron chi connectivity index (χ2n) is 4.59. The van der Waals surface area contributed by atoms with Gasteiger partial charge in [0.15, 0.2) is 0 Å². The van der Waals surface area contributed by atoms with E-state index in [2.05, 4.69) is 0 Å². The lowest BCUT2D eigenvalue weighted by Crippen LogP contribution is -2.29. The fourth-order valence-electron chi connectivity index (χ4n) is 2.31. The molecule has 0 atom stereocenters. The molecule has 0 spiro atoms. The lowest BCUT2D eigenvalue weighted by molar-refractivity contribution is 0.0642. The summed E-state index contributed by atoms with van der Waals surface area (Å²) in [7, 11) is 1.53. The molecule has 20 heavy (non-hydrogen) atoms. The second-order valence-corrected chi connectivity index (χ2v) is 4.59. The van der Waals surface area contributed by atoms with E-state index in [-0.39, 0.29) is 18.4 Å². The number of hydrogen-bond donors (Lipinski definition) is 0. The Kier molecular flexibility index (Phi) is 2.99. The summed E-state index contributed by atoms with van der Waals surface area (Å²) in [6, 6.07) is 14.4. The number of nitrogens with zero attached hydrogens (tertiary/aromatic N) is 1. The molecule has 0 unspecified atom stereocenters. The number of carbonyl (C=O) groups is 2. The normalized spacial score (nSPS) is 13.6. The van der Waals surface area contributed by atoms with E-state index < -0.39 is 0 Å². The van der Waals surface area contributed by atoms with Gasteiger partial charge in [-0.3, -0.25) is 14.5 Å². The van der Waals surface area contributed by atoms with Crippen LogP contribution >= 0.6 is 0 Å². The Bertz CT molecular complexity index is 679. The van der Waals surface area contributed by atoms with E-state index in [0.29, 0.717) is 16.9 Å². The SMILES string of the molecule is COc1ccc2c(c1)C(=O)N(Cc1ccccc1)C2=O. The molecule has 0 aromatic heterocycles. The van der Waals surface area contributed by atoms with Crippen molar-refractivity contribution in [3.63, 3.8) is 0 Å². The van der Waals surface area contributed by atoms with Gasteiger partial charge < -0.3 is 4.74 Å². The van der Waals surface area contributed by atoms with Crippen molar-refractivity contribution >= 4 is 11.8 Å². The highest BCUT2D eigenvalue weighted by Crippen LogP contribution is 2.27. The lowest BCUT2D eigenvalue weighted by atomic mass is 10.1. The molecule has 3 rings (SSSR count). The third kappa shape index (κ3) is 1.95. The van der Waals surface area contributed by atoms with Gasteiger partial charge in [-0.1, -0.05) is 30.3 Å². The summed E-state index contributed by atoms with van der Waals surface area (Å²) >= 11 is 0. The first-order valence-corrected chi connectivity index (χ1v) is 6.29. The average Bonchev–Trinajstić information content (AvgIpc) is 2.73. The molecule has 0 bridgehead atoms. The molecule has 1 aliphatic rings. The van der Waals surface area contributed by atoms with Gasteiger partial charge in [0.1, 0.15) is 5.75 Å². The van der Waals surface area contributed by atoms with Crippen molar-refractivity contribution in [2.24, 2.45) is 0 Å². The van der Waals surface area contributed by atoms with Crippen LogP contribution in [-0.4, -0.2) is 23.8 Å². The number of ether oxygens (including phenoxy) is 1. The Morgan fingerprint density at radius 1 is 0.950 bits per heavy atom. The smallest absolute Gasteiger partial charge is 0.262 e. The number of rotatable bonds is 3. The van der Waals surface area contributed by atoms with Crippen molar-refractivity contribution < 1.29 is 14.3 Å². The maximum atomic E-state index is 12.3. The molecule has 4 heteroatoms. The number of methoxy groups -OCH3 is 1. The van der Waals surface area contributed by atoms with Gasteiger partial charge in [-0.15, -0.1) is 0 Å². The number of carbonyl (C=O) groups excluding carboxylic acids is 2. The first-order chi connectivity index (χ1) is 9.70. The molecule has 2 amide bonds. The molecule has 1 aliphatic heterocycles. The third-order valence-electron chi connectivity index (χ3n) is 3.36. The van der Waals surface area contributed by atoms with Crippen LogP contribution in [0.25, 0.3) is 0 Å². The Labute approximate surface area is 116 Å². The number of imide groups is 1. The van der Waals surface area contributed by atoms with Gasteiger partial charge in [0.05, 0.1) is 24.8 Å². The molecule has 100 valence electrons. The Morgan fingerprint density at radius 3 is 2.35 bits per heavy atom. The van der Waals surface area contributed by atoms with Gasteiger partial charge in [0.25, 0.3) is 11.8 Å². The molecule has 1 heterocycles. The van der Waals surface area contributed by atoms with E-state index in [1.165, 1.54) is 12.0 Å². The highest BCUT2D eigenvalue weighted by Gasteiger charge is 2.35. The third-order valence-corrected chi connectivity index (χ3v) is 3.36. The van der Waals surface area contributed by atoms with Gasteiger partial charge in [-0.05, 0) is 23.8 Å². The summed E-state index contributed by atoms with van der Waals surface area (Å²) in [5.41, 5.74) is 1.77. The quantitative estimate of drug-likeness (QED) is 0.803. The molecule has 0 N–H and O–H groups in total. The monoisotopic (exact) mass is 267 g/mol. The van der Waals surface area contributed by atoms with Crippen molar-refractivity contribution in [1.82, 2.24) is 4.90 Å². The van der Waals surface area contributed by atoms with Gasteiger partial charge in [0, 0.05) is 0 Å². The molecular formula is C16H13NO3. The van der Waals surface area contributed by atoms with Crippen LogP contribution in [0.1, 0.15) is 26.3 Å². The lowest BCUT2D eigenvalue weighted by Gasteiger charge is -2.13. The maximum Gasteiger partial charge on any atom is 0.262 e. The summed E-state index contributed by atoms with van der Waals surface area (Å²) in [4.78, 5) is 25.9. The molecule has 4 nitrogen and oxygen atoms in total. The van der Waals surface area contributed by atoms with Crippen LogP contribution in [0.2, 0.25) is 0 Å². The van der Waals surface area contributed by atoms with Gasteiger partial charge in [-0.2, -0.15) is 0 Å². The van der Waals surface area contributed by atoms with Crippen LogP contribution in [0.3, 0.4) is 0 Å². The van der Waals surface area contributed by atoms with Crippen LogP contribution in [0, 0.1) is 0 Å². The molecular weight excluding hydrogens is 254 g/mol. The fourth-order valence-corrected chi connectivity index (χ4v) is 2.31. The summed E-state index contributed by atoms with van der Waals surface area (Å²) in [5.74, 6) is 0.0516. The minimum atomic E-state index is -0.271. The van der Waals surface area contributed by atoms with Crippen LogP contribution in [-0.2, 0) is 6.54 Å². The molecule has 2 aromatic carbocycles. The van der Waals surface area contributed by atoms with Crippen molar-refractivity contribution in [3.8, 4) is 5.75 Å². The highest BCUT2D eigenvalue weighted by atomic mass is 16.5. The van der Waals surface area contributed by atoms with Crippen LogP contribution in [0.5, 0.6) is 5.75 Å². The molecule has 0 saturated carbocycles. The fraction of sp³-hybridized carbons (Fsp3) is 0.125. The number of hydrogen-bond acceptors (Lipinski definition) is 3. The van der Waals surface area contributed by atoms with Crippen molar-refractivity contribution in [1.29, 1.82) is 0 Å². The maximum absolute atomic E-state index is 12.3. The molecule has 0 radical (unpaired) electrons. The van der Waals surface area contributed by atoms with E-state index in [1.54, 1.807) is 18.2 Å². The first kappa shape index (κ1) is 12.4. The first-order valence-electron chi connectivity index (χ1n) is 6.29. The number of amides is 2. The van der Waals surface area contributed by atoms with Gasteiger partial charge in [-0.25, -0.2) is 0 Å². The molecule has 2 aromatic rings. The standard InChI is InChI=1S/C16H13NO3/c1-20-12-7-8-13-14(9-12)16(19)17(15(13)18)10-11-5-3-2-4-6-11/h2-9H,10H2,1H3. The Balaban J connectivity index is 1.93. The van der Waals surface area contributed by atoms with Crippen LogP contribution < -0.4 is 4.74 Å². The number of fused-ring (bicyclic) bond motifs is 1. The van der Waals surface area contributed by atoms with E-state index in [0.717, 1.165) is 5.56 Å². The van der Waals surface area contributed by atoms with Crippen LogP contribution in [0.15, 0.2) is 48.5 Å². The van der Waals surface area contributed by atoms with Crippen molar-refractivity contribution in [3.05, 3.63) is 65.2 Å². The van der Waals surface area contributed by atoms with E-state index in [9.17, 15) is 9.59 Å². The highest BCUT2D eigenvalue weighted by molar-refractivity contribution is 6.21. The van der Waals surface area contributed by atoms with Crippen molar-refractivity contribution in [2.75, 3.05) is 7.11 Å². The second kappa shape index (κ2) is 4.81. The van der Waals surface area contributed by atoms with E-state index in [4.69, 9.17) is 4.74 Å². The number of benzene rings is 2. The van der Waals surface area contributed by atoms with Crippen LogP contribution in [0.4, 0.5) is 0 Å². The summed E-state index contributed by atoms with van der Waals surface area (Å²) in [5, 5.41) is 0. The molecule has 0 fully saturated rings. The Morgan fingerprint density at radius 2 is 1.65 bits per heavy atom. The Hall–Kier alpha value is -2.62. The van der Waals surface area contributed by atoms with E-state index in [1.807, 2.05) is 30.3 Å². The van der Waals surface area contributed by atoms with Gasteiger partial charge in [0.2, 0.25) is 0 Å². The zero-order valence-corrected chi connectivity index (χ0v) is 11.0. The summed E-state index contributed by atoms with van der Waals surface area (Å²) in [6.45, 7) is 0.287. The largest absolute Gasteiger partial charge is 0.497 e. The minimum absolute atomic E-state index is 0.253. The summed E-state index contributed by atoms with van der Waals surface area (Å²) < 4.78 is 5.09. The summed E-state index contributed by atoms with van der Waals surface area (Å²) in [6.07, 6.45) is 0. The van der Waals surface area contributed by atoms with Crippen molar-refractivity contribution in [2.45, 2.75) is 6.54 Å². The van der Waals surface area contributed by atoms with E-state index >= 15 is 0 Å². The zero-order chi connectivity index (χ0) is 14.1. The topological polar surface area (TPSA) is 46.6 Å². The predicted octanol–water partition coefficient (Wildman–Crippen LogP) is 2.49. The minimum Gasteiger partial charge on any atom is -0.497 e. The predicted molar refractivity (Wildman–Crippen MR) is 73.6 cm³/mol. The molecule has 0 aliphatic carbocycles. The zero-order valence-electron chi connectivity index (χ0n) is 11.0. The molecule has 0 saturated heterocycles. The average molecular weight is 267 g/mol.